The van der Waals surface area contributed by atoms with Gasteiger partial charge in [0, 0.05) is 10.9 Å². The van der Waals surface area contributed by atoms with Crippen molar-refractivity contribution >= 4 is 38.6 Å². The lowest BCUT2D eigenvalue weighted by molar-refractivity contribution is -0.117. The van der Waals surface area contributed by atoms with Gasteiger partial charge in [0.2, 0.25) is 17.7 Å². The Morgan fingerprint density at radius 2 is 2.04 bits per heavy atom. The first kappa shape index (κ1) is 18.4. The fraction of sp³-hybridized carbons (Fsp3) is 0.235. The maximum absolute atomic E-state index is 13.3. The summed E-state index contributed by atoms with van der Waals surface area (Å²) in [5.74, 6) is -1.34. The summed E-state index contributed by atoms with van der Waals surface area (Å²) in [6.07, 6.45) is 0.343. The maximum atomic E-state index is 13.3. The van der Waals surface area contributed by atoms with E-state index in [0.717, 1.165) is 17.1 Å². The molecule has 28 heavy (non-hydrogen) atoms. The number of aromatic nitrogens is 4. The number of fused-ring (bicyclic) bond motifs is 1. The summed E-state index contributed by atoms with van der Waals surface area (Å²) in [5, 5.41) is 7.12. The second kappa shape index (κ2) is 7.23. The molecule has 0 spiro atoms. The number of nitrogens with zero attached hydrogens (tertiary/aromatic N) is 4. The van der Waals surface area contributed by atoms with Gasteiger partial charge in [-0.2, -0.15) is 0 Å². The molecular weight excluding hydrogens is 440 g/mol. The van der Waals surface area contributed by atoms with Crippen LogP contribution in [-0.4, -0.2) is 37.9 Å². The third-order valence-corrected chi connectivity index (χ3v) is 4.47. The van der Waals surface area contributed by atoms with Crippen LogP contribution >= 0.6 is 15.9 Å². The van der Waals surface area contributed by atoms with Gasteiger partial charge in [-0.1, -0.05) is 15.9 Å². The Labute approximate surface area is 164 Å². The molecule has 8 nitrogen and oxygen atoms in total. The summed E-state index contributed by atoms with van der Waals surface area (Å²) < 4.78 is 33.3. The van der Waals surface area contributed by atoms with Crippen LogP contribution in [0.5, 0.6) is 5.88 Å². The molecule has 2 aromatic heterocycles. The van der Waals surface area contributed by atoms with E-state index in [9.17, 15) is 18.4 Å². The molecule has 1 aromatic carbocycles. The molecule has 1 fully saturated rings. The standard InChI is InChI=1S/C17H12BrF2N5O3/c18-8-1-2-10-11(3-8)15(28-13-4-12(13)20)24-25(16(10)27)7-14(26)23-17-21-5-9(19)6-22-17/h1-3,5-6,12-13H,4,7H2,(H,21,22,23,26)/t12-,13+/m0/s1. The fourth-order valence-corrected chi connectivity index (χ4v) is 2.87. The molecule has 0 aliphatic heterocycles. The highest BCUT2D eigenvalue weighted by Crippen LogP contribution is 2.33. The number of hydrogen-bond acceptors (Lipinski definition) is 6. The lowest BCUT2D eigenvalue weighted by atomic mass is 10.2. The Morgan fingerprint density at radius 1 is 1.32 bits per heavy atom. The van der Waals surface area contributed by atoms with Gasteiger partial charge in [-0.25, -0.2) is 23.4 Å². The topological polar surface area (TPSA) is 99.0 Å². The van der Waals surface area contributed by atoms with Gasteiger partial charge in [-0.15, -0.1) is 5.10 Å². The van der Waals surface area contributed by atoms with Crippen molar-refractivity contribution in [1.82, 2.24) is 19.7 Å². The summed E-state index contributed by atoms with van der Waals surface area (Å²) in [6.45, 7) is -0.453. The number of benzene rings is 1. The number of rotatable bonds is 5. The van der Waals surface area contributed by atoms with Crippen molar-refractivity contribution in [3.8, 4) is 5.88 Å². The number of anilines is 1. The van der Waals surface area contributed by atoms with Crippen molar-refractivity contribution in [2.45, 2.75) is 25.2 Å². The average Bonchev–Trinajstić information content (AvgIpc) is 3.35. The average molecular weight is 452 g/mol. The molecular formula is C17H12BrF2N5O3. The highest BCUT2D eigenvalue weighted by molar-refractivity contribution is 9.10. The zero-order chi connectivity index (χ0) is 19.8. The van der Waals surface area contributed by atoms with E-state index in [-0.39, 0.29) is 23.6 Å². The molecule has 4 rings (SSSR count). The molecule has 1 N–H and O–H groups in total. The summed E-state index contributed by atoms with van der Waals surface area (Å²) >= 11 is 3.31. The van der Waals surface area contributed by atoms with E-state index in [0.29, 0.717) is 9.86 Å². The van der Waals surface area contributed by atoms with Crippen LogP contribution in [0.2, 0.25) is 0 Å². The van der Waals surface area contributed by atoms with E-state index in [1.54, 1.807) is 18.2 Å². The zero-order valence-corrected chi connectivity index (χ0v) is 15.7. The lowest BCUT2D eigenvalue weighted by Gasteiger charge is -2.12. The molecule has 144 valence electrons. The maximum Gasteiger partial charge on any atom is 0.275 e. The molecule has 1 aliphatic rings. The number of hydrogen-bond donors (Lipinski definition) is 1. The number of halogens is 3. The molecule has 0 bridgehead atoms. The number of carbonyl (C=O) groups is 1. The van der Waals surface area contributed by atoms with Gasteiger partial charge in [-0.3, -0.25) is 14.9 Å². The Kier molecular flexibility index (Phi) is 4.75. The summed E-state index contributed by atoms with van der Waals surface area (Å²) in [4.78, 5) is 32.1. The monoisotopic (exact) mass is 451 g/mol. The molecule has 0 unspecified atom stereocenters. The van der Waals surface area contributed by atoms with Crippen molar-refractivity contribution < 1.29 is 18.3 Å². The number of amides is 1. The van der Waals surface area contributed by atoms with Crippen LogP contribution in [0, 0.1) is 5.82 Å². The summed E-state index contributed by atoms with van der Waals surface area (Å²) in [5.41, 5.74) is -0.516. The highest BCUT2D eigenvalue weighted by atomic mass is 79.9. The first-order chi connectivity index (χ1) is 13.4. The Hall–Kier alpha value is -2.95. The first-order valence-corrected chi connectivity index (χ1v) is 8.98. The van der Waals surface area contributed by atoms with Crippen molar-refractivity contribution in [2.24, 2.45) is 0 Å². The largest absolute Gasteiger partial charge is 0.470 e. The van der Waals surface area contributed by atoms with E-state index < -0.39 is 36.1 Å². The molecule has 3 aromatic rings. The van der Waals surface area contributed by atoms with Gasteiger partial charge >= 0.3 is 0 Å². The molecule has 0 radical (unpaired) electrons. The molecule has 1 saturated carbocycles. The predicted octanol–water partition coefficient (Wildman–Crippen LogP) is 2.22. The molecule has 2 heterocycles. The van der Waals surface area contributed by atoms with Gasteiger partial charge < -0.3 is 4.74 Å². The fourth-order valence-electron chi connectivity index (χ4n) is 2.51. The van der Waals surface area contributed by atoms with Crippen molar-refractivity contribution in [1.29, 1.82) is 0 Å². The smallest absolute Gasteiger partial charge is 0.275 e. The van der Waals surface area contributed by atoms with Gasteiger partial charge in [0.1, 0.15) is 18.8 Å². The van der Waals surface area contributed by atoms with Gasteiger partial charge in [0.25, 0.3) is 5.56 Å². The zero-order valence-electron chi connectivity index (χ0n) is 14.1. The number of nitrogens with one attached hydrogen (secondary N) is 1. The van der Waals surface area contributed by atoms with Crippen molar-refractivity contribution in [2.75, 3.05) is 5.32 Å². The molecule has 11 heteroatoms. The summed E-state index contributed by atoms with van der Waals surface area (Å²) in [7, 11) is 0. The molecule has 1 amide bonds. The second-order valence-corrected chi connectivity index (χ2v) is 7.05. The Morgan fingerprint density at radius 3 is 2.71 bits per heavy atom. The molecule has 1 aliphatic carbocycles. The van der Waals surface area contributed by atoms with E-state index in [1.807, 2.05) is 0 Å². The number of alkyl halides is 1. The molecule has 0 saturated heterocycles. The third-order valence-electron chi connectivity index (χ3n) is 3.97. The van der Waals surface area contributed by atoms with Crippen LogP contribution in [0.4, 0.5) is 14.7 Å². The van der Waals surface area contributed by atoms with Crippen LogP contribution in [-0.2, 0) is 11.3 Å². The van der Waals surface area contributed by atoms with Gasteiger partial charge in [-0.05, 0) is 18.2 Å². The Bertz CT molecular complexity index is 1120. The van der Waals surface area contributed by atoms with Crippen LogP contribution in [0.25, 0.3) is 10.8 Å². The summed E-state index contributed by atoms with van der Waals surface area (Å²) in [6, 6.07) is 4.87. The van der Waals surface area contributed by atoms with Gasteiger partial charge in [0.05, 0.1) is 23.2 Å². The van der Waals surface area contributed by atoms with E-state index in [1.165, 1.54) is 0 Å². The third kappa shape index (κ3) is 3.84. The number of carbonyl (C=O) groups excluding carboxylic acids is 1. The highest BCUT2D eigenvalue weighted by Gasteiger charge is 2.41. The van der Waals surface area contributed by atoms with E-state index in [4.69, 9.17) is 4.74 Å². The van der Waals surface area contributed by atoms with Crippen LogP contribution in [0.1, 0.15) is 6.42 Å². The molecule has 2 atom stereocenters. The first-order valence-electron chi connectivity index (χ1n) is 8.19. The minimum Gasteiger partial charge on any atom is -0.470 e. The predicted molar refractivity (Wildman–Crippen MR) is 98.3 cm³/mol. The quantitative estimate of drug-likeness (QED) is 0.638. The minimum atomic E-state index is -1.08. The van der Waals surface area contributed by atoms with Crippen LogP contribution in [0.3, 0.4) is 0 Å². The Balaban J connectivity index is 1.65. The second-order valence-electron chi connectivity index (χ2n) is 6.14. The SMILES string of the molecule is O=C(Cn1nc(O[C@@H]2C[C@@H]2F)c2cc(Br)ccc2c1=O)Nc1ncc(F)cn1. The minimum absolute atomic E-state index is 0.0619. The van der Waals surface area contributed by atoms with Gasteiger partial charge in [0.15, 0.2) is 5.82 Å². The van der Waals surface area contributed by atoms with E-state index >= 15 is 0 Å². The van der Waals surface area contributed by atoms with Crippen molar-refractivity contribution in [3.63, 3.8) is 0 Å². The van der Waals surface area contributed by atoms with Crippen molar-refractivity contribution in [3.05, 3.63) is 51.2 Å². The van der Waals surface area contributed by atoms with Crippen LogP contribution < -0.4 is 15.6 Å². The lowest BCUT2D eigenvalue weighted by Crippen LogP contribution is -2.30. The van der Waals surface area contributed by atoms with E-state index in [2.05, 4.69) is 36.3 Å². The number of ether oxygens (including phenoxy) is 1. The normalized spacial score (nSPS) is 18.1. The van der Waals surface area contributed by atoms with Crippen LogP contribution in [0.15, 0.2) is 39.9 Å².